The predicted molar refractivity (Wildman–Crippen MR) is 82.9 cm³/mol. The number of carbonyl (C=O) groups is 1. The molecule has 0 saturated carbocycles. The molecule has 2 rings (SSSR count). The Balaban J connectivity index is 2.22. The zero-order valence-electron chi connectivity index (χ0n) is 12.3. The number of hydrazone groups is 1. The number of carbonyl (C=O) groups excluding carboxylic acids is 1. The molecule has 2 aromatic rings. The zero-order chi connectivity index (χ0) is 15.2. The van der Waals surface area contributed by atoms with E-state index < -0.39 is 6.09 Å². The number of hydrogen-bond donors (Lipinski definition) is 1. The Hall–Kier alpha value is -2.56. The van der Waals surface area contributed by atoms with Crippen molar-refractivity contribution in [2.45, 2.75) is 13.8 Å². The third kappa shape index (κ3) is 3.72. The van der Waals surface area contributed by atoms with E-state index in [1.54, 1.807) is 14.0 Å². The maximum absolute atomic E-state index is 11.2. The molecule has 0 fully saturated rings. The summed E-state index contributed by atoms with van der Waals surface area (Å²) >= 11 is 0. The van der Waals surface area contributed by atoms with Gasteiger partial charge < -0.3 is 9.47 Å². The fraction of sp³-hybridized carbons (Fsp3) is 0.250. The number of methoxy groups -OCH3 is 1. The second-order valence-electron chi connectivity index (χ2n) is 4.46. The van der Waals surface area contributed by atoms with Crippen molar-refractivity contribution in [3.05, 3.63) is 42.0 Å². The maximum atomic E-state index is 11.2. The van der Waals surface area contributed by atoms with E-state index >= 15 is 0 Å². The number of fused-ring (bicyclic) bond motifs is 1. The van der Waals surface area contributed by atoms with E-state index in [9.17, 15) is 4.79 Å². The lowest BCUT2D eigenvalue weighted by Gasteiger charge is -2.06. The Morgan fingerprint density at radius 3 is 2.62 bits per heavy atom. The molecule has 0 atom stereocenters. The van der Waals surface area contributed by atoms with E-state index in [1.165, 1.54) is 0 Å². The van der Waals surface area contributed by atoms with Crippen LogP contribution in [0.4, 0.5) is 4.79 Å². The molecule has 0 bridgehead atoms. The molecule has 5 nitrogen and oxygen atoms in total. The van der Waals surface area contributed by atoms with Crippen molar-refractivity contribution in [3.63, 3.8) is 0 Å². The summed E-state index contributed by atoms with van der Waals surface area (Å²) in [6, 6.07) is 11.8. The fourth-order valence-electron chi connectivity index (χ4n) is 1.93. The highest BCUT2D eigenvalue weighted by molar-refractivity contribution is 6.02. The van der Waals surface area contributed by atoms with Crippen LogP contribution in [-0.2, 0) is 4.74 Å². The van der Waals surface area contributed by atoms with Crippen LogP contribution >= 0.6 is 0 Å². The van der Waals surface area contributed by atoms with Crippen molar-refractivity contribution in [2.75, 3.05) is 13.7 Å². The predicted octanol–water partition coefficient (Wildman–Crippen LogP) is 3.32. The first-order valence-electron chi connectivity index (χ1n) is 6.69. The molecule has 21 heavy (non-hydrogen) atoms. The van der Waals surface area contributed by atoms with Crippen molar-refractivity contribution >= 4 is 22.6 Å². The summed E-state index contributed by atoms with van der Waals surface area (Å²) in [4.78, 5) is 11.2. The van der Waals surface area contributed by atoms with Crippen molar-refractivity contribution in [2.24, 2.45) is 5.10 Å². The summed E-state index contributed by atoms with van der Waals surface area (Å²) in [6.45, 7) is 3.89. The Kier molecular flexibility index (Phi) is 4.77. The first-order chi connectivity index (χ1) is 10.1. The Morgan fingerprint density at radius 2 is 1.90 bits per heavy atom. The Bertz CT molecular complexity index is 680. The minimum atomic E-state index is -0.553. The van der Waals surface area contributed by atoms with Crippen LogP contribution in [0.5, 0.6) is 5.75 Å². The number of rotatable bonds is 4. The van der Waals surface area contributed by atoms with Crippen molar-refractivity contribution in [1.82, 2.24) is 5.43 Å². The van der Waals surface area contributed by atoms with E-state index in [4.69, 9.17) is 9.47 Å². The first kappa shape index (κ1) is 14.8. The third-order valence-corrected chi connectivity index (χ3v) is 3.06. The van der Waals surface area contributed by atoms with Gasteiger partial charge in [-0.1, -0.05) is 18.2 Å². The fourth-order valence-corrected chi connectivity index (χ4v) is 1.93. The van der Waals surface area contributed by atoms with Crippen LogP contribution in [0, 0.1) is 0 Å². The number of hydrogen-bond acceptors (Lipinski definition) is 4. The van der Waals surface area contributed by atoms with Crippen LogP contribution in [-0.4, -0.2) is 25.5 Å². The van der Waals surface area contributed by atoms with Gasteiger partial charge in [-0.25, -0.2) is 10.2 Å². The molecule has 0 aliphatic carbocycles. The van der Waals surface area contributed by atoms with Crippen LogP contribution in [0.15, 0.2) is 41.5 Å². The van der Waals surface area contributed by atoms with E-state index in [0.29, 0.717) is 12.3 Å². The number of amides is 1. The van der Waals surface area contributed by atoms with Crippen molar-refractivity contribution in [1.29, 1.82) is 0 Å². The molecule has 110 valence electrons. The zero-order valence-corrected chi connectivity index (χ0v) is 12.3. The lowest BCUT2D eigenvalue weighted by Crippen LogP contribution is -2.20. The molecule has 0 radical (unpaired) electrons. The van der Waals surface area contributed by atoms with Gasteiger partial charge in [0.15, 0.2) is 0 Å². The van der Waals surface area contributed by atoms with Gasteiger partial charge in [0.05, 0.1) is 19.4 Å². The quantitative estimate of drug-likeness (QED) is 0.693. The van der Waals surface area contributed by atoms with Gasteiger partial charge in [0, 0.05) is 0 Å². The van der Waals surface area contributed by atoms with Gasteiger partial charge in [0.2, 0.25) is 0 Å². The molecule has 0 saturated heterocycles. The second-order valence-corrected chi connectivity index (χ2v) is 4.46. The maximum Gasteiger partial charge on any atom is 0.427 e. The average Bonchev–Trinajstić information content (AvgIpc) is 2.51. The highest BCUT2D eigenvalue weighted by Gasteiger charge is 2.03. The molecule has 0 unspecified atom stereocenters. The molecule has 1 N–H and O–H groups in total. The van der Waals surface area contributed by atoms with Gasteiger partial charge in [0.1, 0.15) is 5.75 Å². The lowest BCUT2D eigenvalue weighted by atomic mass is 10.0. The molecular formula is C16H18N2O3. The van der Waals surface area contributed by atoms with Crippen molar-refractivity contribution in [3.8, 4) is 5.75 Å². The van der Waals surface area contributed by atoms with Crippen LogP contribution < -0.4 is 10.2 Å². The number of ether oxygens (including phenoxy) is 2. The largest absolute Gasteiger partial charge is 0.497 e. The minimum absolute atomic E-state index is 0.318. The highest BCUT2D eigenvalue weighted by atomic mass is 16.5. The van der Waals surface area contributed by atoms with Crippen LogP contribution in [0.3, 0.4) is 0 Å². The van der Waals surface area contributed by atoms with Gasteiger partial charge in [-0.3, -0.25) is 0 Å². The SMILES string of the molecule is CCOC(=O)N/N=C(\C)c1ccc2cc(OC)ccc2c1. The van der Waals surface area contributed by atoms with Gasteiger partial charge in [-0.2, -0.15) is 5.10 Å². The molecule has 0 heterocycles. The summed E-state index contributed by atoms with van der Waals surface area (Å²) < 4.78 is 9.96. The second kappa shape index (κ2) is 6.74. The monoisotopic (exact) mass is 286 g/mol. The average molecular weight is 286 g/mol. The van der Waals surface area contributed by atoms with Gasteiger partial charge >= 0.3 is 6.09 Å². The third-order valence-electron chi connectivity index (χ3n) is 3.06. The molecule has 5 heteroatoms. The van der Waals surface area contributed by atoms with Gasteiger partial charge in [-0.05, 0) is 48.4 Å². The molecule has 0 aromatic heterocycles. The summed E-state index contributed by atoms with van der Waals surface area (Å²) in [6.07, 6.45) is -0.553. The van der Waals surface area contributed by atoms with Crippen LogP contribution in [0.2, 0.25) is 0 Å². The van der Waals surface area contributed by atoms with E-state index in [0.717, 1.165) is 22.1 Å². The normalized spacial score (nSPS) is 11.3. The Morgan fingerprint density at radius 1 is 1.19 bits per heavy atom. The molecule has 1 amide bonds. The summed E-state index contributed by atoms with van der Waals surface area (Å²) in [5.41, 5.74) is 4.00. The van der Waals surface area contributed by atoms with Gasteiger partial charge in [0.25, 0.3) is 0 Å². The topological polar surface area (TPSA) is 59.9 Å². The number of nitrogens with one attached hydrogen (secondary N) is 1. The Labute approximate surface area is 123 Å². The molecule has 2 aromatic carbocycles. The number of nitrogens with zero attached hydrogens (tertiary/aromatic N) is 1. The van der Waals surface area contributed by atoms with Gasteiger partial charge in [-0.15, -0.1) is 0 Å². The lowest BCUT2D eigenvalue weighted by molar-refractivity contribution is 0.152. The standard InChI is InChI=1S/C16H18N2O3/c1-4-21-16(19)18-17-11(2)12-5-6-14-10-15(20-3)8-7-13(14)9-12/h5-10H,4H2,1-3H3,(H,18,19)/b17-11+. The summed E-state index contributed by atoms with van der Waals surface area (Å²) in [7, 11) is 1.65. The van der Waals surface area contributed by atoms with Crippen molar-refractivity contribution < 1.29 is 14.3 Å². The molecule has 0 aliphatic rings. The van der Waals surface area contributed by atoms with E-state index in [-0.39, 0.29) is 0 Å². The summed E-state index contributed by atoms with van der Waals surface area (Å²) in [5.74, 6) is 0.824. The smallest absolute Gasteiger partial charge is 0.427 e. The van der Waals surface area contributed by atoms with E-state index in [2.05, 4.69) is 10.5 Å². The summed E-state index contributed by atoms with van der Waals surface area (Å²) in [5, 5.41) is 6.19. The first-order valence-corrected chi connectivity index (χ1v) is 6.69. The van der Waals surface area contributed by atoms with Crippen LogP contribution in [0.1, 0.15) is 19.4 Å². The molecular weight excluding hydrogens is 268 g/mol. The van der Waals surface area contributed by atoms with E-state index in [1.807, 2.05) is 43.3 Å². The highest BCUT2D eigenvalue weighted by Crippen LogP contribution is 2.22. The molecule has 0 spiro atoms. The van der Waals surface area contributed by atoms with Crippen LogP contribution in [0.25, 0.3) is 10.8 Å². The number of benzene rings is 2. The minimum Gasteiger partial charge on any atom is -0.497 e. The molecule has 0 aliphatic heterocycles.